The number of halogens is 1. The molecule has 1 N–H and O–H groups in total. The van der Waals surface area contributed by atoms with Gasteiger partial charge in [0.25, 0.3) is 5.56 Å². The van der Waals surface area contributed by atoms with Gasteiger partial charge in [0.05, 0.1) is 7.11 Å². The van der Waals surface area contributed by atoms with E-state index < -0.39 is 11.4 Å². The predicted octanol–water partition coefficient (Wildman–Crippen LogP) is 2.24. The highest BCUT2D eigenvalue weighted by molar-refractivity contribution is 5.75. The number of nitrogens with zero attached hydrogens (tertiary/aromatic N) is 3. The van der Waals surface area contributed by atoms with Crippen molar-refractivity contribution in [2.24, 2.45) is 0 Å². The van der Waals surface area contributed by atoms with Crippen molar-refractivity contribution < 1.29 is 9.13 Å². The Hall–Kier alpha value is -3.16. The fourth-order valence-electron chi connectivity index (χ4n) is 2.79. The number of aromatic amines is 1. The summed E-state index contributed by atoms with van der Waals surface area (Å²) in [5, 5.41) is 0. The zero-order valence-corrected chi connectivity index (χ0v) is 14.7. The summed E-state index contributed by atoms with van der Waals surface area (Å²) in [6.07, 6.45) is 3.29. The first-order chi connectivity index (χ1) is 12.5. The number of aryl methyl sites for hydroxylation is 1. The molecule has 0 saturated carbocycles. The fourth-order valence-corrected chi connectivity index (χ4v) is 2.79. The summed E-state index contributed by atoms with van der Waals surface area (Å²) in [6.45, 7) is 4.23. The Morgan fingerprint density at radius 2 is 1.92 bits per heavy atom. The molecule has 3 rings (SSSR count). The Kier molecular flexibility index (Phi) is 4.75. The van der Waals surface area contributed by atoms with E-state index in [2.05, 4.69) is 9.97 Å². The summed E-state index contributed by atoms with van der Waals surface area (Å²) in [4.78, 5) is 32.1. The van der Waals surface area contributed by atoms with Crippen LogP contribution in [0.15, 0.2) is 27.8 Å². The number of nitrogens with one attached hydrogen (secondary N) is 1. The van der Waals surface area contributed by atoms with Gasteiger partial charge in [-0.05, 0) is 37.6 Å². The lowest BCUT2D eigenvalue weighted by Crippen LogP contribution is -2.39. The van der Waals surface area contributed by atoms with E-state index in [4.69, 9.17) is 4.74 Å². The van der Waals surface area contributed by atoms with Crippen LogP contribution in [0.1, 0.15) is 25.2 Å². The van der Waals surface area contributed by atoms with Gasteiger partial charge in [-0.15, -0.1) is 0 Å². The molecule has 3 aromatic rings. The molecule has 1 aromatic carbocycles. The van der Waals surface area contributed by atoms with Crippen LogP contribution in [0.25, 0.3) is 23.3 Å². The highest BCUT2D eigenvalue weighted by atomic mass is 19.1. The van der Waals surface area contributed by atoms with E-state index in [1.165, 1.54) is 23.8 Å². The molecule has 7 nitrogen and oxygen atoms in total. The van der Waals surface area contributed by atoms with E-state index in [-0.39, 0.29) is 23.5 Å². The maximum atomic E-state index is 13.8. The van der Waals surface area contributed by atoms with Gasteiger partial charge in [0.15, 0.2) is 17.2 Å². The molecule has 0 spiro atoms. The van der Waals surface area contributed by atoms with Crippen LogP contribution >= 0.6 is 0 Å². The van der Waals surface area contributed by atoms with Gasteiger partial charge in [-0.25, -0.2) is 14.2 Å². The molecule has 0 atom stereocenters. The number of benzene rings is 1. The largest absolute Gasteiger partial charge is 0.494 e. The Balaban J connectivity index is 2.07. The number of aromatic nitrogens is 4. The molecule has 0 saturated heterocycles. The van der Waals surface area contributed by atoms with Crippen molar-refractivity contribution in [3.05, 3.63) is 56.2 Å². The van der Waals surface area contributed by atoms with Crippen LogP contribution in [0.3, 0.4) is 0 Å². The zero-order chi connectivity index (χ0) is 18.8. The topological polar surface area (TPSA) is 81.9 Å². The lowest BCUT2D eigenvalue weighted by molar-refractivity contribution is 0.386. The van der Waals surface area contributed by atoms with Gasteiger partial charge in [-0.3, -0.25) is 13.9 Å². The number of fused-ring (bicyclic) bond motifs is 1. The van der Waals surface area contributed by atoms with Gasteiger partial charge in [0.1, 0.15) is 11.3 Å². The number of H-pyrrole nitrogens is 1. The van der Waals surface area contributed by atoms with Crippen LogP contribution in [0.4, 0.5) is 4.39 Å². The SMILES string of the molecule is CCn1c(=O)c2[nH]c(C=Cc3ccc(OC)c(F)c3)nc2n(CC)c1=O. The van der Waals surface area contributed by atoms with E-state index >= 15 is 0 Å². The Morgan fingerprint density at radius 3 is 2.54 bits per heavy atom. The lowest BCUT2D eigenvalue weighted by Gasteiger charge is -2.06. The third-order valence-electron chi connectivity index (χ3n) is 4.12. The molecule has 2 heterocycles. The molecule has 0 aliphatic heterocycles. The van der Waals surface area contributed by atoms with E-state index in [0.29, 0.717) is 23.6 Å². The van der Waals surface area contributed by atoms with Gasteiger partial charge in [-0.2, -0.15) is 0 Å². The number of rotatable bonds is 5. The van der Waals surface area contributed by atoms with Crippen molar-refractivity contribution in [3.8, 4) is 5.75 Å². The summed E-state index contributed by atoms with van der Waals surface area (Å²) in [6, 6.07) is 4.57. The molecule has 2 aromatic heterocycles. The summed E-state index contributed by atoms with van der Waals surface area (Å²) in [7, 11) is 1.40. The average Bonchev–Trinajstić information content (AvgIpc) is 3.05. The lowest BCUT2D eigenvalue weighted by atomic mass is 10.2. The van der Waals surface area contributed by atoms with Gasteiger partial charge >= 0.3 is 5.69 Å². The maximum Gasteiger partial charge on any atom is 0.332 e. The first-order valence-electron chi connectivity index (χ1n) is 8.25. The normalized spacial score (nSPS) is 11.5. The molecule has 8 heteroatoms. The van der Waals surface area contributed by atoms with E-state index in [1.54, 1.807) is 25.1 Å². The standard InChI is InChI=1S/C18H19FN4O3/c1-4-22-16-15(17(24)23(5-2)18(22)25)20-14(21-16)9-7-11-6-8-13(26-3)12(19)10-11/h6-10H,4-5H2,1-3H3,(H,20,21). The van der Waals surface area contributed by atoms with E-state index in [1.807, 2.05) is 6.92 Å². The van der Waals surface area contributed by atoms with Gasteiger partial charge in [0, 0.05) is 13.1 Å². The molecular formula is C18H19FN4O3. The second-order valence-electron chi connectivity index (χ2n) is 5.62. The van der Waals surface area contributed by atoms with Crippen LogP contribution in [0.2, 0.25) is 0 Å². The van der Waals surface area contributed by atoms with Crippen molar-refractivity contribution in [2.45, 2.75) is 26.9 Å². The van der Waals surface area contributed by atoms with Gasteiger partial charge < -0.3 is 9.72 Å². The third-order valence-corrected chi connectivity index (χ3v) is 4.12. The molecule has 0 fully saturated rings. The zero-order valence-electron chi connectivity index (χ0n) is 14.7. The molecule has 0 radical (unpaired) electrons. The molecule has 0 aliphatic carbocycles. The molecule has 136 valence electrons. The van der Waals surface area contributed by atoms with Crippen LogP contribution in [0.5, 0.6) is 5.75 Å². The van der Waals surface area contributed by atoms with Crippen molar-refractivity contribution in [3.63, 3.8) is 0 Å². The quantitative estimate of drug-likeness (QED) is 0.758. The minimum Gasteiger partial charge on any atom is -0.494 e. The third kappa shape index (κ3) is 2.94. The van der Waals surface area contributed by atoms with Crippen molar-refractivity contribution in [2.75, 3.05) is 7.11 Å². The summed E-state index contributed by atoms with van der Waals surface area (Å²) in [5.41, 5.74) is 0.413. The molecule has 0 amide bonds. The maximum absolute atomic E-state index is 13.8. The minimum absolute atomic E-state index is 0.165. The molecule has 0 unspecified atom stereocenters. The summed E-state index contributed by atoms with van der Waals surface area (Å²) in [5.74, 6) is 0.103. The number of methoxy groups -OCH3 is 1. The Morgan fingerprint density at radius 1 is 1.19 bits per heavy atom. The van der Waals surface area contributed by atoms with Crippen LogP contribution in [-0.2, 0) is 13.1 Å². The van der Waals surface area contributed by atoms with E-state index in [0.717, 1.165) is 4.57 Å². The smallest absolute Gasteiger partial charge is 0.332 e. The fraction of sp³-hybridized carbons (Fsp3) is 0.278. The first kappa shape index (κ1) is 17.7. The molecule has 0 aliphatic rings. The second-order valence-corrected chi connectivity index (χ2v) is 5.62. The van der Waals surface area contributed by atoms with Crippen LogP contribution in [-0.4, -0.2) is 26.2 Å². The minimum atomic E-state index is -0.468. The van der Waals surface area contributed by atoms with Gasteiger partial charge in [0.2, 0.25) is 0 Å². The predicted molar refractivity (Wildman–Crippen MR) is 97.8 cm³/mol. The van der Waals surface area contributed by atoms with Crippen molar-refractivity contribution in [1.82, 2.24) is 19.1 Å². The average molecular weight is 358 g/mol. The van der Waals surface area contributed by atoms with Crippen molar-refractivity contribution in [1.29, 1.82) is 0 Å². The second kappa shape index (κ2) is 6.99. The van der Waals surface area contributed by atoms with E-state index in [9.17, 15) is 14.0 Å². The molecular weight excluding hydrogens is 339 g/mol. The van der Waals surface area contributed by atoms with Crippen LogP contribution < -0.4 is 16.0 Å². The van der Waals surface area contributed by atoms with Gasteiger partial charge in [-0.1, -0.05) is 12.1 Å². The molecule has 26 heavy (non-hydrogen) atoms. The summed E-state index contributed by atoms with van der Waals surface area (Å²) >= 11 is 0. The number of hydrogen-bond donors (Lipinski definition) is 1. The Labute approximate surface area is 148 Å². The highest BCUT2D eigenvalue weighted by Crippen LogP contribution is 2.19. The first-order valence-corrected chi connectivity index (χ1v) is 8.25. The number of ether oxygens (including phenoxy) is 1. The number of hydrogen-bond acceptors (Lipinski definition) is 4. The summed E-state index contributed by atoms with van der Waals surface area (Å²) < 4.78 is 21.3. The number of imidazole rings is 1. The molecule has 0 bridgehead atoms. The van der Waals surface area contributed by atoms with Crippen LogP contribution in [0, 0.1) is 5.82 Å². The van der Waals surface area contributed by atoms with Crippen molar-refractivity contribution >= 4 is 23.3 Å². The Bertz CT molecular complexity index is 1110. The monoisotopic (exact) mass is 358 g/mol. The highest BCUT2D eigenvalue weighted by Gasteiger charge is 2.14.